The van der Waals surface area contributed by atoms with Crippen molar-refractivity contribution in [2.24, 2.45) is 5.73 Å². The van der Waals surface area contributed by atoms with Crippen LogP contribution in [0.3, 0.4) is 0 Å². The second-order valence-corrected chi connectivity index (χ2v) is 5.67. The SMILES string of the molecule is CCN1CCC(NC(=O)c2ccnc3c(C(N)=O)cnn23)CC1. The number of nitrogens with zero attached hydrogens (tertiary/aromatic N) is 4. The van der Waals surface area contributed by atoms with Crippen LogP contribution in [0.2, 0.25) is 0 Å². The molecular weight excluding hydrogens is 296 g/mol. The first-order valence-electron chi connectivity index (χ1n) is 7.76. The van der Waals surface area contributed by atoms with Gasteiger partial charge < -0.3 is 16.0 Å². The molecule has 1 saturated heterocycles. The fourth-order valence-electron chi connectivity index (χ4n) is 2.89. The summed E-state index contributed by atoms with van der Waals surface area (Å²) in [5.41, 5.74) is 6.14. The molecule has 23 heavy (non-hydrogen) atoms. The normalized spacial score (nSPS) is 16.6. The van der Waals surface area contributed by atoms with Crippen LogP contribution in [-0.4, -0.2) is 57.0 Å². The summed E-state index contributed by atoms with van der Waals surface area (Å²) in [4.78, 5) is 30.3. The van der Waals surface area contributed by atoms with Gasteiger partial charge in [0, 0.05) is 25.3 Å². The van der Waals surface area contributed by atoms with E-state index in [0.717, 1.165) is 32.5 Å². The van der Waals surface area contributed by atoms with Gasteiger partial charge >= 0.3 is 0 Å². The quantitative estimate of drug-likeness (QED) is 0.828. The van der Waals surface area contributed by atoms with Gasteiger partial charge in [-0.15, -0.1) is 0 Å². The van der Waals surface area contributed by atoms with E-state index in [2.05, 4.69) is 27.2 Å². The number of amides is 2. The minimum absolute atomic E-state index is 0.152. The van der Waals surface area contributed by atoms with E-state index in [4.69, 9.17) is 5.73 Å². The molecule has 0 radical (unpaired) electrons. The zero-order chi connectivity index (χ0) is 16.4. The van der Waals surface area contributed by atoms with Crippen LogP contribution in [0, 0.1) is 0 Å². The van der Waals surface area contributed by atoms with Crippen molar-refractivity contribution in [2.45, 2.75) is 25.8 Å². The molecule has 0 unspecified atom stereocenters. The first-order valence-corrected chi connectivity index (χ1v) is 7.76. The number of primary amides is 1. The fourth-order valence-corrected chi connectivity index (χ4v) is 2.89. The van der Waals surface area contributed by atoms with E-state index in [1.54, 1.807) is 6.07 Å². The number of carbonyl (C=O) groups excluding carboxylic acids is 2. The van der Waals surface area contributed by atoms with Gasteiger partial charge in [0.1, 0.15) is 11.3 Å². The summed E-state index contributed by atoms with van der Waals surface area (Å²) in [7, 11) is 0. The lowest BCUT2D eigenvalue weighted by Crippen LogP contribution is -2.44. The average molecular weight is 316 g/mol. The highest BCUT2D eigenvalue weighted by atomic mass is 16.2. The van der Waals surface area contributed by atoms with Crippen molar-refractivity contribution in [1.82, 2.24) is 24.8 Å². The van der Waals surface area contributed by atoms with Crippen molar-refractivity contribution in [3.05, 3.63) is 29.7 Å². The molecule has 3 N–H and O–H groups in total. The Hall–Kier alpha value is -2.48. The Kier molecular flexibility index (Phi) is 4.24. The molecule has 1 aliphatic heterocycles. The third kappa shape index (κ3) is 3.02. The average Bonchev–Trinajstić information content (AvgIpc) is 2.99. The Morgan fingerprint density at radius 1 is 1.39 bits per heavy atom. The zero-order valence-electron chi connectivity index (χ0n) is 13.0. The number of aromatic nitrogens is 3. The second kappa shape index (κ2) is 6.33. The Morgan fingerprint density at radius 3 is 2.78 bits per heavy atom. The number of likely N-dealkylation sites (tertiary alicyclic amines) is 1. The van der Waals surface area contributed by atoms with E-state index in [9.17, 15) is 9.59 Å². The number of fused-ring (bicyclic) bond motifs is 1. The van der Waals surface area contributed by atoms with Gasteiger partial charge in [0.2, 0.25) is 0 Å². The van der Waals surface area contributed by atoms with Crippen LogP contribution in [0.25, 0.3) is 5.65 Å². The molecule has 0 spiro atoms. The molecule has 0 aromatic carbocycles. The summed E-state index contributed by atoms with van der Waals surface area (Å²) in [6.07, 6.45) is 4.68. The maximum Gasteiger partial charge on any atom is 0.270 e. The smallest absolute Gasteiger partial charge is 0.270 e. The first kappa shape index (κ1) is 15.4. The van der Waals surface area contributed by atoms with E-state index in [1.165, 1.54) is 16.9 Å². The molecule has 2 amide bonds. The van der Waals surface area contributed by atoms with Crippen LogP contribution < -0.4 is 11.1 Å². The van der Waals surface area contributed by atoms with Crippen LogP contribution >= 0.6 is 0 Å². The van der Waals surface area contributed by atoms with E-state index in [1.807, 2.05) is 0 Å². The number of hydrogen-bond donors (Lipinski definition) is 2. The highest BCUT2D eigenvalue weighted by Crippen LogP contribution is 2.13. The number of carbonyl (C=O) groups is 2. The Labute approximate surface area is 133 Å². The fraction of sp³-hybridized carbons (Fsp3) is 0.467. The maximum absolute atomic E-state index is 12.5. The third-order valence-corrected chi connectivity index (χ3v) is 4.27. The van der Waals surface area contributed by atoms with E-state index in [0.29, 0.717) is 11.3 Å². The highest BCUT2D eigenvalue weighted by molar-refractivity contribution is 5.99. The second-order valence-electron chi connectivity index (χ2n) is 5.67. The topological polar surface area (TPSA) is 106 Å². The highest BCUT2D eigenvalue weighted by Gasteiger charge is 2.22. The molecule has 2 aromatic heterocycles. The molecule has 0 atom stereocenters. The Morgan fingerprint density at radius 2 is 2.13 bits per heavy atom. The summed E-state index contributed by atoms with van der Waals surface area (Å²) < 4.78 is 1.36. The monoisotopic (exact) mass is 316 g/mol. The predicted octanol–water partition coefficient (Wildman–Crippen LogP) is 0.0423. The number of piperidine rings is 1. The zero-order valence-corrected chi connectivity index (χ0v) is 13.0. The molecule has 0 bridgehead atoms. The standard InChI is InChI=1S/C15H20N6O2/c1-2-20-7-4-10(5-8-20)19-15(23)12-3-6-17-14-11(13(16)22)9-18-21(12)14/h3,6,9-10H,2,4-5,7-8H2,1H3,(H2,16,22)(H,19,23). The Balaban J connectivity index is 1.78. The molecule has 3 heterocycles. The summed E-state index contributed by atoms with van der Waals surface area (Å²) in [6.45, 7) is 5.15. The first-order chi connectivity index (χ1) is 11.1. The van der Waals surface area contributed by atoms with Crippen LogP contribution in [0.5, 0.6) is 0 Å². The van der Waals surface area contributed by atoms with Crippen molar-refractivity contribution < 1.29 is 9.59 Å². The summed E-state index contributed by atoms with van der Waals surface area (Å²) in [6, 6.07) is 1.74. The third-order valence-electron chi connectivity index (χ3n) is 4.27. The molecule has 1 aliphatic rings. The Bertz CT molecular complexity index is 733. The number of hydrogen-bond acceptors (Lipinski definition) is 5. The molecule has 0 aliphatic carbocycles. The number of nitrogens with two attached hydrogens (primary N) is 1. The van der Waals surface area contributed by atoms with Crippen LogP contribution in [0.1, 0.15) is 40.6 Å². The van der Waals surface area contributed by atoms with Gasteiger partial charge in [-0.2, -0.15) is 5.10 Å². The van der Waals surface area contributed by atoms with Crippen molar-refractivity contribution >= 4 is 17.5 Å². The lowest BCUT2D eigenvalue weighted by Gasteiger charge is -2.31. The molecule has 1 fully saturated rings. The molecule has 8 heteroatoms. The van der Waals surface area contributed by atoms with Gasteiger partial charge in [0.25, 0.3) is 11.8 Å². The van der Waals surface area contributed by atoms with Crippen LogP contribution in [-0.2, 0) is 0 Å². The lowest BCUT2D eigenvalue weighted by molar-refractivity contribution is 0.0904. The van der Waals surface area contributed by atoms with Gasteiger partial charge in [0.05, 0.1) is 6.20 Å². The summed E-state index contributed by atoms with van der Waals surface area (Å²) >= 11 is 0. The minimum atomic E-state index is -0.614. The van der Waals surface area contributed by atoms with Crippen LogP contribution in [0.4, 0.5) is 0 Å². The molecule has 0 saturated carbocycles. The van der Waals surface area contributed by atoms with Gasteiger partial charge in [-0.1, -0.05) is 6.92 Å². The largest absolute Gasteiger partial charge is 0.365 e. The van der Waals surface area contributed by atoms with Gasteiger partial charge in [-0.3, -0.25) is 9.59 Å². The predicted molar refractivity (Wildman–Crippen MR) is 84.1 cm³/mol. The molecule has 122 valence electrons. The molecule has 2 aromatic rings. The lowest BCUT2D eigenvalue weighted by atomic mass is 10.0. The van der Waals surface area contributed by atoms with E-state index >= 15 is 0 Å². The van der Waals surface area contributed by atoms with Crippen molar-refractivity contribution in [3.63, 3.8) is 0 Å². The number of rotatable bonds is 4. The maximum atomic E-state index is 12.5. The summed E-state index contributed by atoms with van der Waals surface area (Å²) in [5.74, 6) is -0.830. The molecule has 3 rings (SSSR count). The van der Waals surface area contributed by atoms with Crippen LogP contribution in [0.15, 0.2) is 18.5 Å². The van der Waals surface area contributed by atoms with Gasteiger partial charge in [-0.05, 0) is 25.5 Å². The molecule has 8 nitrogen and oxygen atoms in total. The number of nitrogens with one attached hydrogen (secondary N) is 1. The van der Waals surface area contributed by atoms with Crippen molar-refractivity contribution in [1.29, 1.82) is 0 Å². The van der Waals surface area contributed by atoms with Crippen molar-refractivity contribution in [3.8, 4) is 0 Å². The van der Waals surface area contributed by atoms with Crippen molar-refractivity contribution in [2.75, 3.05) is 19.6 Å². The van der Waals surface area contributed by atoms with Gasteiger partial charge in [0.15, 0.2) is 5.65 Å². The molecular formula is C15H20N6O2. The van der Waals surface area contributed by atoms with E-state index < -0.39 is 5.91 Å². The minimum Gasteiger partial charge on any atom is -0.365 e. The van der Waals surface area contributed by atoms with Gasteiger partial charge in [-0.25, -0.2) is 9.50 Å². The summed E-state index contributed by atoms with van der Waals surface area (Å²) in [5, 5.41) is 7.10. The van der Waals surface area contributed by atoms with E-state index in [-0.39, 0.29) is 17.5 Å².